The van der Waals surface area contributed by atoms with Crippen LogP contribution in [0.5, 0.6) is 0 Å². The third-order valence-corrected chi connectivity index (χ3v) is 4.29. The number of ether oxygens (including phenoxy) is 1. The van der Waals surface area contributed by atoms with E-state index in [0.717, 1.165) is 16.7 Å². The Balaban J connectivity index is 1.91. The van der Waals surface area contributed by atoms with Gasteiger partial charge in [-0.05, 0) is 16.7 Å². The van der Waals surface area contributed by atoms with Gasteiger partial charge in [-0.2, -0.15) is 0 Å². The van der Waals surface area contributed by atoms with Gasteiger partial charge in [-0.3, -0.25) is 9.69 Å². The van der Waals surface area contributed by atoms with Crippen LogP contribution in [0.25, 0.3) is 0 Å². The molecule has 0 saturated carbocycles. The van der Waals surface area contributed by atoms with Gasteiger partial charge in [-0.15, -0.1) is 0 Å². The van der Waals surface area contributed by atoms with Crippen molar-refractivity contribution in [2.24, 2.45) is 0 Å². The average Bonchev–Trinajstić information content (AvgIpc) is 2.73. The van der Waals surface area contributed by atoms with Crippen molar-refractivity contribution >= 4 is 12.1 Å². The molecule has 0 aliphatic heterocycles. The number of nitrogens with zero attached hydrogens (tertiary/aromatic N) is 1. The molecule has 1 amide bonds. The van der Waals surface area contributed by atoms with Gasteiger partial charge in [0.2, 0.25) is 0 Å². The molecule has 3 rings (SSSR count). The zero-order valence-corrected chi connectivity index (χ0v) is 15.3. The van der Waals surface area contributed by atoms with Crippen molar-refractivity contribution in [3.05, 3.63) is 108 Å². The van der Waals surface area contributed by atoms with E-state index in [1.165, 1.54) is 4.90 Å². The van der Waals surface area contributed by atoms with Crippen LogP contribution < -0.4 is 0 Å². The van der Waals surface area contributed by atoms with E-state index in [2.05, 4.69) is 0 Å². The lowest BCUT2D eigenvalue weighted by atomic mass is 9.97. The lowest BCUT2D eigenvalue weighted by Crippen LogP contribution is -2.39. The molecule has 0 atom stereocenters. The number of carboxylic acids is 1. The van der Waals surface area contributed by atoms with E-state index in [4.69, 9.17) is 4.74 Å². The number of carbonyl (C=O) groups is 2. The second kappa shape index (κ2) is 9.37. The van der Waals surface area contributed by atoms with Crippen molar-refractivity contribution in [2.45, 2.75) is 12.6 Å². The Morgan fingerprint density at radius 3 is 1.71 bits per heavy atom. The Morgan fingerprint density at radius 2 is 1.25 bits per heavy atom. The first kappa shape index (κ1) is 19.2. The van der Waals surface area contributed by atoms with Crippen LogP contribution >= 0.6 is 0 Å². The summed E-state index contributed by atoms with van der Waals surface area (Å²) in [6.45, 7) is -0.395. The molecular formula is C23H21NO4. The summed E-state index contributed by atoms with van der Waals surface area (Å²) in [7, 11) is 0. The molecule has 0 aliphatic carbocycles. The highest BCUT2D eigenvalue weighted by molar-refractivity contribution is 5.77. The molecule has 5 nitrogen and oxygen atoms in total. The zero-order valence-electron chi connectivity index (χ0n) is 15.3. The Kier molecular flexibility index (Phi) is 6.41. The molecule has 3 aromatic carbocycles. The van der Waals surface area contributed by atoms with Gasteiger partial charge < -0.3 is 9.84 Å². The summed E-state index contributed by atoms with van der Waals surface area (Å²) in [4.78, 5) is 25.6. The van der Waals surface area contributed by atoms with Gasteiger partial charge in [0.1, 0.15) is 13.2 Å². The van der Waals surface area contributed by atoms with Crippen LogP contribution in [0.1, 0.15) is 22.7 Å². The largest absolute Gasteiger partial charge is 0.480 e. The number of aliphatic carboxylic acids is 1. The predicted octanol–water partition coefficient (Wildman–Crippen LogP) is 4.50. The van der Waals surface area contributed by atoms with Gasteiger partial charge in [-0.25, -0.2) is 4.79 Å². The minimum atomic E-state index is -1.10. The number of carboxylic acid groups (broad SMARTS) is 1. The molecular weight excluding hydrogens is 354 g/mol. The van der Waals surface area contributed by atoms with E-state index in [0.29, 0.717) is 0 Å². The van der Waals surface area contributed by atoms with E-state index in [1.54, 1.807) is 0 Å². The smallest absolute Gasteiger partial charge is 0.411 e. The molecule has 5 heteroatoms. The summed E-state index contributed by atoms with van der Waals surface area (Å²) in [6, 6.07) is 27.4. The number of carbonyl (C=O) groups excluding carboxylic acids is 1. The Labute approximate surface area is 163 Å². The quantitative estimate of drug-likeness (QED) is 0.660. The molecule has 0 unspecified atom stereocenters. The van der Waals surface area contributed by atoms with E-state index in [1.807, 2.05) is 91.0 Å². The van der Waals surface area contributed by atoms with Crippen LogP contribution in [0, 0.1) is 0 Å². The fraction of sp³-hybridized carbons (Fsp3) is 0.130. The molecule has 0 saturated heterocycles. The van der Waals surface area contributed by atoms with E-state index in [9.17, 15) is 14.7 Å². The third-order valence-electron chi connectivity index (χ3n) is 4.29. The van der Waals surface area contributed by atoms with Gasteiger partial charge in [0, 0.05) is 0 Å². The van der Waals surface area contributed by atoms with Gasteiger partial charge >= 0.3 is 12.1 Å². The maximum absolute atomic E-state index is 12.9. The van der Waals surface area contributed by atoms with E-state index >= 15 is 0 Å². The van der Waals surface area contributed by atoms with Crippen LogP contribution in [0.4, 0.5) is 4.79 Å². The molecule has 0 heterocycles. The number of benzene rings is 3. The zero-order chi connectivity index (χ0) is 19.8. The first-order valence-electron chi connectivity index (χ1n) is 8.94. The highest BCUT2D eigenvalue weighted by Gasteiger charge is 2.29. The van der Waals surface area contributed by atoms with Crippen molar-refractivity contribution in [2.75, 3.05) is 6.54 Å². The normalized spacial score (nSPS) is 10.5. The molecule has 3 aromatic rings. The van der Waals surface area contributed by atoms with Crippen LogP contribution in [-0.2, 0) is 16.1 Å². The predicted molar refractivity (Wildman–Crippen MR) is 106 cm³/mol. The Bertz CT molecular complexity index is 858. The number of hydrogen-bond acceptors (Lipinski definition) is 3. The summed E-state index contributed by atoms with van der Waals surface area (Å²) >= 11 is 0. The highest BCUT2D eigenvalue weighted by Crippen LogP contribution is 2.29. The lowest BCUT2D eigenvalue weighted by Gasteiger charge is -2.30. The SMILES string of the molecule is O=C(O)CN(C(=O)OCc1ccccc1)C(c1ccccc1)c1ccccc1. The first-order chi connectivity index (χ1) is 13.6. The second-order valence-electron chi connectivity index (χ2n) is 6.29. The average molecular weight is 375 g/mol. The van der Waals surface area contributed by atoms with Crippen molar-refractivity contribution in [1.29, 1.82) is 0 Å². The van der Waals surface area contributed by atoms with Gasteiger partial charge in [0.25, 0.3) is 0 Å². The first-order valence-corrected chi connectivity index (χ1v) is 8.94. The number of rotatable bonds is 7. The standard InChI is InChI=1S/C23H21NO4/c25-21(26)16-24(23(27)28-17-18-10-4-1-5-11-18)22(19-12-6-2-7-13-19)20-14-8-3-9-15-20/h1-15,22H,16-17H2,(H,25,26). The topological polar surface area (TPSA) is 66.8 Å². The van der Waals surface area contributed by atoms with Crippen LogP contribution in [0.15, 0.2) is 91.0 Å². The van der Waals surface area contributed by atoms with Gasteiger partial charge in [0.15, 0.2) is 0 Å². The molecule has 0 aliphatic rings. The van der Waals surface area contributed by atoms with Gasteiger partial charge in [-0.1, -0.05) is 91.0 Å². The van der Waals surface area contributed by atoms with Crippen molar-refractivity contribution in [3.63, 3.8) is 0 Å². The molecule has 1 N–H and O–H groups in total. The molecule has 0 bridgehead atoms. The van der Waals surface area contributed by atoms with E-state index < -0.39 is 24.6 Å². The summed E-state index contributed by atoms with van der Waals surface area (Å²) in [5.41, 5.74) is 2.46. The second-order valence-corrected chi connectivity index (χ2v) is 6.29. The molecule has 142 valence electrons. The summed E-state index contributed by atoms with van der Waals surface area (Å²) in [6.07, 6.45) is -0.677. The van der Waals surface area contributed by atoms with Crippen LogP contribution in [0.3, 0.4) is 0 Å². The summed E-state index contributed by atoms with van der Waals surface area (Å²) < 4.78 is 5.44. The van der Waals surface area contributed by atoms with Gasteiger partial charge in [0.05, 0.1) is 6.04 Å². The number of amides is 1. The van der Waals surface area contributed by atoms with Crippen molar-refractivity contribution in [3.8, 4) is 0 Å². The molecule has 0 spiro atoms. The van der Waals surface area contributed by atoms with Crippen molar-refractivity contribution < 1.29 is 19.4 Å². The molecule has 0 fully saturated rings. The molecule has 28 heavy (non-hydrogen) atoms. The maximum atomic E-state index is 12.9. The minimum absolute atomic E-state index is 0.0755. The van der Waals surface area contributed by atoms with Crippen LogP contribution in [-0.4, -0.2) is 28.6 Å². The minimum Gasteiger partial charge on any atom is -0.480 e. The van der Waals surface area contributed by atoms with Crippen LogP contribution in [0.2, 0.25) is 0 Å². The molecule has 0 aromatic heterocycles. The fourth-order valence-electron chi connectivity index (χ4n) is 3.03. The highest BCUT2D eigenvalue weighted by atomic mass is 16.6. The number of hydrogen-bond donors (Lipinski definition) is 1. The summed E-state index contributed by atoms with van der Waals surface area (Å²) in [5.74, 6) is -1.10. The molecule has 0 radical (unpaired) electrons. The van der Waals surface area contributed by atoms with Crippen molar-refractivity contribution in [1.82, 2.24) is 4.90 Å². The third kappa shape index (κ3) is 4.98. The Morgan fingerprint density at radius 1 is 0.786 bits per heavy atom. The monoisotopic (exact) mass is 375 g/mol. The maximum Gasteiger partial charge on any atom is 0.411 e. The fourth-order valence-corrected chi connectivity index (χ4v) is 3.03. The van der Waals surface area contributed by atoms with E-state index in [-0.39, 0.29) is 6.61 Å². The lowest BCUT2D eigenvalue weighted by molar-refractivity contribution is -0.138. The summed E-state index contributed by atoms with van der Waals surface area (Å²) in [5, 5.41) is 9.41. The Hall–Kier alpha value is -3.60.